The first-order chi connectivity index (χ1) is 11.7. The second-order valence-electron chi connectivity index (χ2n) is 4.86. The van der Waals surface area contributed by atoms with Crippen molar-refractivity contribution < 1.29 is 19.0 Å². The van der Waals surface area contributed by atoms with Gasteiger partial charge in [0, 0.05) is 18.2 Å². The van der Waals surface area contributed by atoms with Crippen LogP contribution in [0.2, 0.25) is 0 Å². The molecule has 0 aliphatic rings. The van der Waals surface area contributed by atoms with Gasteiger partial charge in [0.1, 0.15) is 0 Å². The molecule has 0 heterocycles. The number of amides is 1. The maximum Gasteiger partial charge on any atom is 0.271 e. The summed E-state index contributed by atoms with van der Waals surface area (Å²) in [4.78, 5) is 12.2. The molecule has 0 aliphatic carbocycles. The highest BCUT2D eigenvalue weighted by Crippen LogP contribution is 2.38. The summed E-state index contributed by atoms with van der Waals surface area (Å²) in [5, 5.41) is 3.96. The van der Waals surface area contributed by atoms with Gasteiger partial charge in [0.05, 0.1) is 21.3 Å². The van der Waals surface area contributed by atoms with Gasteiger partial charge in [-0.05, 0) is 17.7 Å². The minimum absolute atomic E-state index is 0.362. The van der Waals surface area contributed by atoms with Gasteiger partial charge < -0.3 is 14.2 Å². The van der Waals surface area contributed by atoms with Gasteiger partial charge in [0.15, 0.2) is 11.5 Å². The van der Waals surface area contributed by atoms with Crippen molar-refractivity contribution in [3.63, 3.8) is 0 Å². The van der Waals surface area contributed by atoms with Gasteiger partial charge in [-0.25, -0.2) is 5.43 Å². The number of carbonyl (C=O) groups is 1. The number of benzene rings is 2. The van der Waals surface area contributed by atoms with Crippen molar-refractivity contribution in [2.24, 2.45) is 5.10 Å². The summed E-state index contributed by atoms with van der Waals surface area (Å²) in [5.41, 5.74) is 3.96. The number of rotatable bonds is 7. The van der Waals surface area contributed by atoms with E-state index in [-0.39, 0.29) is 5.91 Å². The summed E-state index contributed by atoms with van der Waals surface area (Å²) in [6, 6.07) is 13.0. The van der Waals surface area contributed by atoms with E-state index in [1.165, 1.54) is 21.3 Å². The number of methoxy groups -OCH3 is 3. The predicted molar refractivity (Wildman–Crippen MR) is 92.2 cm³/mol. The van der Waals surface area contributed by atoms with E-state index in [2.05, 4.69) is 10.5 Å². The second kappa shape index (κ2) is 8.57. The van der Waals surface area contributed by atoms with E-state index in [0.29, 0.717) is 29.2 Å². The van der Waals surface area contributed by atoms with Gasteiger partial charge in [0.2, 0.25) is 5.75 Å². The molecule has 6 nitrogen and oxygen atoms in total. The van der Waals surface area contributed by atoms with Crippen LogP contribution < -0.4 is 19.6 Å². The molecule has 24 heavy (non-hydrogen) atoms. The van der Waals surface area contributed by atoms with Gasteiger partial charge in [-0.3, -0.25) is 4.79 Å². The third kappa shape index (κ3) is 4.25. The minimum Gasteiger partial charge on any atom is -0.493 e. The van der Waals surface area contributed by atoms with E-state index >= 15 is 0 Å². The summed E-state index contributed by atoms with van der Waals surface area (Å²) >= 11 is 0. The van der Waals surface area contributed by atoms with Crippen LogP contribution in [0.1, 0.15) is 15.9 Å². The molecule has 0 spiro atoms. The van der Waals surface area contributed by atoms with Crippen LogP contribution in [-0.2, 0) is 6.42 Å². The van der Waals surface area contributed by atoms with E-state index in [0.717, 1.165) is 5.56 Å². The second-order valence-corrected chi connectivity index (χ2v) is 4.86. The Morgan fingerprint density at radius 1 is 1.04 bits per heavy atom. The van der Waals surface area contributed by atoms with Crippen LogP contribution in [0.4, 0.5) is 0 Å². The number of hydrazone groups is 1. The Kier molecular flexibility index (Phi) is 6.19. The molecule has 0 aliphatic heterocycles. The van der Waals surface area contributed by atoms with Crippen molar-refractivity contribution >= 4 is 12.1 Å². The van der Waals surface area contributed by atoms with Gasteiger partial charge in [-0.15, -0.1) is 0 Å². The topological polar surface area (TPSA) is 69.2 Å². The van der Waals surface area contributed by atoms with E-state index < -0.39 is 0 Å². The Bertz CT molecular complexity index is 689. The number of carbonyl (C=O) groups excluding carboxylic acids is 1. The van der Waals surface area contributed by atoms with Crippen LogP contribution in [0.5, 0.6) is 17.2 Å². The summed E-state index contributed by atoms with van der Waals surface area (Å²) in [6.07, 6.45) is 2.28. The number of ether oxygens (including phenoxy) is 3. The van der Waals surface area contributed by atoms with Crippen LogP contribution in [-0.4, -0.2) is 33.5 Å². The van der Waals surface area contributed by atoms with Crippen molar-refractivity contribution in [1.82, 2.24) is 5.43 Å². The van der Waals surface area contributed by atoms with Crippen LogP contribution >= 0.6 is 0 Å². The Morgan fingerprint density at radius 2 is 1.67 bits per heavy atom. The third-order valence-electron chi connectivity index (χ3n) is 3.35. The number of nitrogens with zero attached hydrogens (tertiary/aromatic N) is 1. The lowest BCUT2D eigenvalue weighted by Gasteiger charge is -2.13. The Labute approximate surface area is 141 Å². The molecule has 2 aromatic rings. The molecule has 1 amide bonds. The molecule has 0 atom stereocenters. The average molecular weight is 328 g/mol. The summed E-state index contributed by atoms with van der Waals surface area (Å²) in [7, 11) is 4.50. The summed E-state index contributed by atoms with van der Waals surface area (Å²) < 4.78 is 15.7. The molecule has 6 heteroatoms. The standard InChI is InChI=1S/C18H20N2O4/c1-22-15-11-14(12-16(23-2)17(15)24-3)18(21)20-19-10-9-13-7-5-4-6-8-13/h4-8,10-12H,9H2,1-3H3,(H,20,21). The first kappa shape index (κ1) is 17.3. The van der Waals surface area contributed by atoms with Crippen LogP contribution in [0.3, 0.4) is 0 Å². The zero-order valence-corrected chi connectivity index (χ0v) is 13.9. The van der Waals surface area contributed by atoms with Crippen LogP contribution in [0.25, 0.3) is 0 Å². The summed E-state index contributed by atoms with van der Waals surface area (Å²) in [6.45, 7) is 0. The first-order valence-electron chi connectivity index (χ1n) is 7.35. The SMILES string of the molecule is COc1cc(C(=O)NN=CCc2ccccc2)cc(OC)c1OC. The molecule has 0 saturated heterocycles. The smallest absolute Gasteiger partial charge is 0.271 e. The quantitative estimate of drug-likeness (QED) is 0.627. The maximum atomic E-state index is 12.2. The number of nitrogens with one attached hydrogen (secondary N) is 1. The lowest BCUT2D eigenvalue weighted by Crippen LogP contribution is -2.18. The zero-order valence-electron chi connectivity index (χ0n) is 13.9. The van der Waals surface area contributed by atoms with Crippen molar-refractivity contribution in [1.29, 1.82) is 0 Å². The zero-order chi connectivity index (χ0) is 17.4. The molecule has 0 saturated carbocycles. The molecular formula is C18H20N2O4. The van der Waals surface area contributed by atoms with Crippen LogP contribution in [0, 0.1) is 0 Å². The van der Waals surface area contributed by atoms with Crippen molar-refractivity contribution in [3.05, 3.63) is 53.6 Å². The highest BCUT2D eigenvalue weighted by Gasteiger charge is 2.16. The highest BCUT2D eigenvalue weighted by atomic mass is 16.5. The largest absolute Gasteiger partial charge is 0.493 e. The lowest BCUT2D eigenvalue weighted by molar-refractivity contribution is 0.0954. The molecule has 1 N–H and O–H groups in total. The first-order valence-corrected chi connectivity index (χ1v) is 7.35. The average Bonchev–Trinajstić information content (AvgIpc) is 2.64. The molecule has 2 rings (SSSR count). The van der Waals surface area contributed by atoms with Crippen LogP contribution in [0.15, 0.2) is 47.6 Å². The van der Waals surface area contributed by atoms with E-state index in [1.54, 1.807) is 18.3 Å². The van der Waals surface area contributed by atoms with Gasteiger partial charge in [-0.2, -0.15) is 5.10 Å². The molecular weight excluding hydrogens is 308 g/mol. The normalized spacial score (nSPS) is 10.5. The number of hydrogen-bond donors (Lipinski definition) is 1. The summed E-state index contributed by atoms with van der Waals surface area (Å²) in [5.74, 6) is 0.897. The molecule has 0 unspecified atom stereocenters. The molecule has 0 fully saturated rings. The Hall–Kier alpha value is -3.02. The van der Waals surface area contributed by atoms with Crippen molar-refractivity contribution in [2.45, 2.75) is 6.42 Å². The molecule has 0 aromatic heterocycles. The van der Waals surface area contributed by atoms with Gasteiger partial charge in [-0.1, -0.05) is 30.3 Å². The van der Waals surface area contributed by atoms with E-state index in [1.807, 2.05) is 30.3 Å². The fourth-order valence-corrected chi connectivity index (χ4v) is 2.15. The highest BCUT2D eigenvalue weighted by molar-refractivity contribution is 5.95. The monoisotopic (exact) mass is 328 g/mol. The molecule has 0 radical (unpaired) electrons. The van der Waals surface area contributed by atoms with Gasteiger partial charge >= 0.3 is 0 Å². The fraction of sp³-hybridized carbons (Fsp3) is 0.222. The Balaban J connectivity index is 2.06. The maximum absolute atomic E-state index is 12.2. The molecule has 126 valence electrons. The van der Waals surface area contributed by atoms with Crippen molar-refractivity contribution in [2.75, 3.05) is 21.3 Å². The number of hydrogen-bond acceptors (Lipinski definition) is 5. The predicted octanol–water partition coefficient (Wildman–Crippen LogP) is 2.67. The van der Waals surface area contributed by atoms with E-state index in [4.69, 9.17) is 14.2 Å². The minimum atomic E-state index is -0.362. The third-order valence-corrected chi connectivity index (χ3v) is 3.35. The lowest BCUT2D eigenvalue weighted by atomic mass is 10.1. The fourth-order valence-electron chi connectivity index (χ4n) is 2.15. The molecule has 0 bridgehead atoms. The van der Waals surface area contributed by atoms with E-state index in [9.17, 15) is 4.79 Å². The Morgan fingerprint density at radius 3 is 2.21 bits per heavy atom. The van der Waals surface area contributed by atoms with Gasteiger partial charge in [0.25, 0.3) is 5.91 Å². The van der Waals surface area contributed by atoms with Crippen molar-refractivity contribution in [3.8, 4) is 17.2 Å². The molecule has 2 aromatic carbocycles.